The first kappa shape index (κ1) is 14.0. The highest BCUT2D eigenvalue weighted by Gasteiger charge is 2.20. The molecule has 0 atom stereocenters. The van der Waals surface area contributed by atoms with E-state index in [1.165, 1.54) is 11.3 Å². The molecule has 5 heteroatoms. The first-order chi connectivity index (χ1) is 11.2. The SMILES string of the molecule is COc1ccc(C(=O)c2sc3nc4ccccc4n3c2C)cc1. The van der Waals surface area contributed by atoms with Crippen molar-refractivity contribution in [1.29, 1.82) is 0 Å². The second-order valence-corrected chi connectivity index (χ2v) is 6.27. The molecule has 0 fully saturated rings. The molecule has 4 nitrogen and oxygen atoms in total. The van der Waals surface area contributed by atoms with E-state index in [2.05, 4.69) is 9.38 Å². The number of methoxy groups -OCH3 is 1. The molecule has 0 unspecified atom stereocenters. The van der Waals surface area contributed by atoms with Gasteiger partial charge < -0.3 is 4.74 Å². The Morgan fingerprint density at radius 1 is 1.13 bits per heavy atom. The molecular weight excluding hydrogens is 308 g/mol. The molecule has 23 heavy (non-hydrogen) atoms. The minimum absolute atomic E-state index is 0.0183. The Hall–Kier alpha value is -2.66. The van der Waals surface area contributed by atoms with Crippen molar-refractivity contribution >= 4 is 33.1 Å². The van der Waals surface area contributed by atoms with E-state index in [0.717, 1.165) is 32.3 Å². The zero-order chi connectivity index (χ0) is 16.0. The number of ether oxygens (including phenoxy) is 1. The number of para-hydroxylation sites is 2. The van der Waals surface area contributed by atoms with E-state index >= 15 is 0 Å². The van der Waals surface area contributed by atoms with Crippen LogP contribution in [0.1, 0.15) is 20.9 Å². The Morgan fingerprint density at radius 2 is 1.87 bits per heavy atom. The molecular formula is C18H14N2O2S. The summed E-state index contributed by atoms with van der Waals surface area (Å²) in [6.07, 6.45) is 0. The number of benzene rings is 2. The Kier molecular flexibility index (Phi) is 3.16. The summed E-state index contributed by atoms with van der Waals surface area (Å²) in [6.45, 7) is 1.97. The lowest BCUT2D eigenvalue weighted by molar-refractivity contribution is 0.104. The van der Waals surface area contributed by atoms with E-state index < -0.39 is 0 Å². The summed E-state index contributed by atoms with van der Waals surface area (Å²) in [4.78, 5) is 19.0. The highest BCUT2D eigenvalue weighted by Crippen LogP contribution is 2.29. The lowest BCUT2D eigenvalue weighted by Crippen LogP contribution is -2.01. The van der Waals surface area contributed by atoms with Crippen LogP contribution < -0.4 is 4.74 Å². The van der Waals surface area contributed by atoms with Gasteiger partial charge in [0.05, 0.1) is 23.0 Å². The number of nitrogens with zero attached hydrogens (tertiary/aromatic N) is 2. The average molecular weight is 322 g/mol. The Labute approximate surface area is 137 Å². The molecule has 0 saturated carbocycles. The summed E-state index contributed by atoms with van der Waals surface area (Å²) >= 11 is 1.43. The van der Waals surface area contributed by atoms with Gasteiger partial charge in [-0.2, -0.15) is 0 Å². The van der Waals surface area contributed by atoms with Gasteiger partial charge in [0.1, 0.15) is 5.75 Å². The van der Waals surface area contributed by atoms with Crippen molar-refractivity contribution < 1.29 is 9.53 Å². The molecule has 4 rings (SSSR count). The van der Waals surface area contributed by atoms with Crippen LogP contribution >= 0.6 is 11.3 Å². The first-order valence-electron chi connectivity index (χ1n) is 7.24. The fourth-order valence-corrected chi connectivity index (χ4v) is 3.85. The van der Waals surface area contributed by atoms with Gasteiger partial charge in [-0.1, -0.05) is 23.5 Å². The molecule has 0 aliphatic carbocycles. The van der Waals surface area contributed by atoms with Gasteiger partial charge in [-0.25, -0.2) is 4.98 Å². The molecule has 2 aromatic heterocycles. The summed E-state index contributed by atoms with van der Waals surface area (Å²) in [6, 6.07) is 15.2. The van der Waals surface area contributed by atoms with Crippen LogP contribution in [0.15, 0.2) is 48.5 Å². The highest BCUT2D eigenvalue weighted by molar-refractivity contribution is 7.19. The maximum Gasteiger partial charge on any atom is 0.204 e. The van der Waals surface area contributed by atoms with Crippen LogP contribution in [-0.4, -0.2) is 22.3 Å². The zero-order valence-electron chi connectivity index (χ0n) is 12.7. The molecule has 0 aliphatic heterocycles. The normalized spacial score (nSPS) is 11.2. The van der Waals surface area contributed by atoms with Crippen LogP contribution in [0.25, 0.3) is 16.0 Å². The van der Waals surface area contributed by atoms with Crippen molar-refractivity contribution in [2.75, 3.05) is 7.11 Å². The Balaban J connectivity index is 1.84. The minimum Gasteiger partial charge on any atom is -0.497 e. The molecule has 0 radical (unpaired) electrons. The number of aryl methyl sites for hydroxylation is 1. The van der Waals surface area contributed by atoms with Gasteiger partial charge in [0, 0.05) is 11.3 Å². The number of imidazole rings is 1. The van der Waals surface area contributed by atoms with Gasteiger partial charge in [0.25, 0.3) is 0 Å². The van der Waals surface area contributed by atoms with Crippen molar-refractivity contribution in [2.45, 2.75) is 6.92 Å². The lowest BCUT2D eigenvalue weighted by Gasteiger charge is -2.02. The standard InChI is InChI=1S/C18H14N2O2S/c1-11-17(16(21)12-7-9-13(22-2)10-8-12)23-18-19-14-5-3-4-6-15(14)20(11)18/h3-10H,1-2H3. The van der Waals surface area contributed by atoms with E-state index in [9.17, 15) is 4.79 Å². The van der Waals surface area contributed by atoms with Crippen LogP contribution in [-0.2, 0) is 0 Å². The number of ketones is 1. The number of carbonyl (C=O) groups is 1. The predicted octanol–water partition coefficient (Wildman–Crippen LogP) is 4.10. The van der Waals surface area contributed by atoms with Crippen molar-refractivity contribution in [3.63, 3.8) is 0 Å². The van der Waals surface area contributed by atoms with Gasteiger partial charge in [-0.05, 0) is 43.3 Å². The fraction of sp³-hybridized carbons (Fsp3) is 0.111. The molecule has 0 N–H and O–H groups in total. The lowest BCUT2D eigenvalue weighted by atomic mass is 10.1. The molecule has 0 saturated heterocycles. The second-order valence-electron chi connectivity index (χ2n) is 5.29. The summed E-state index contributed by atoms with van der Waals surface area (Å²) in [5.41, 5.74) is 3.57. The molecule has 114 valence electrons. The Morgan fingerprint density at radius 3 is 2.61 bits per heavy atom. The van der Waals surface area contributed by atoms with Crippen molar-refractivity contribution in [3.8, 4) is 5.75 Å². The first-order valence-corrected chi connectivity index (χ1v) is 8.06. The molecule has 0 spiro atoms. The van der Waals surface area contributed by atoms with Gasteiger partial charge in [0.2, 0.25) is 5.78 Å². The monoisotopic (exact) mass is 322 g/mol. The van der Waals surface area contributed by atoms with Gasteiger partial charge in [0.15, 0.2) is 4.96 Å². The number of hydrogen-bond acceptors (Lipinski definition) is 4. The largest absolute Gasteiger partial charge is 0.497 e. The Bertz CT molecular complexity index is 1030. The van der Waals surface area contributed by atoms with Crippen LogP contribution in [0.2, 0.25) is 0 Å². The maximum atomic E-state index is 12.8. The summed E-state index contributed by atoms with van der Waals surface area (Å²) in [5, 5.41) is 0. The van der Waals surface area contributed by atoms with Crippen LogP contribution in [0.4, 0.5) is 0 Å². The molecule has 0 amide bonds. The van der Waals surface area contributed by atoms with Crippen molar-refractivity contribution in [1.82, 2.24) is 9.38 Å². The van der Waals surface area contributed by atoms with E-state index in [4.69, 9.17) is 4.74 Å². The quantitative estimate of drug-likeness (QED) is 0.533. The molecule has 4 aromatic rings. The number of fused-ring (bicyclic) bond motifs is 3. The molecule has 0 aliphatic rings. The van der Waals surface area contributed by atoms with E-state index in [1.54, 1.807) is 31.4 Å². The third-order valence-electron chi connectivity index (χ3n) is 3.95. The highest BCUT2D eigenvalue weighted by atomic mass is 32.1. The van der Waals surface area contributed by atoms with Gasteiger partial charge in [-0.3, -0.25) is 9.20 Å². The smallest absolute Gasteiger partial charge is 0.204 e. The zero-order valence-corrected chi connectivity index (χ0v) is 13.6. The minimum atomic E-state index is 0.0183. The third-order valence-corrected chi connectivity index (χ3v) is 5.09. The fourth-order valence-electron chi connectivity index (χ4n) is 2.75. The summed E-state index contributed by atoms with van der Waals surface area (Å²) < 4.78 is 7.19. The van der Waals surface area contributed by atoms with E-state index in [1.807, 2.05) is 31.2 Å². The number of aromatic nitrogens is 2. The second kappa shape index (κ2) is 5.21. The van der Waals surface area contributed by atoms with Crippen molar-refractivity contribution in [2.24, 2.45) is 0 Å². The van der Waals surface area contributed by atoms with Crippen molar-refractivity contribution in [3.05, 3.63) is 64.7 Å². The van der Waals surface area contributed by atoms with Crippen LogP contribution in [0.3, 0.4) is 0 Å². The number of rotatable bonds is 3. The van der Waals surface area contributed by atoms with E-state index in [-0.39, 0.29) is 5.78 Å². The van der Waals surface area contributed by atoms with Gasteiger partial charge in [-0.15, -0.1) is 0 Å². The topological polar surface area (TPSA) is 43.6 Å². The van der Waals surface area contributed by atoms with Crippen LogP contribution in [0.5, 0.6) is 5.75 Å². The number of thiazole rings is 1. The summed E-state index contributed by atoms with van der Waals surface area (Å²) in [7, 11) is 1.61. The third kappa shape index (κ3) is 2.12. The van der Waals surface area contributed by atoms with Gasteiger partial charge >= 0.3 is 0 Å². The molecule has 2 aromatic carbocycles. The number of hydrogen-bond donors (Lipinski definition) is 0. The molecule has 2 heterocycles. The maximum absolute atomic E-state index is 12.8. The van der Waals surface area contributed by atoms with E-state index in [0.29, 0.717) is 5.56 Å². The van der Waals surface area contributed by atoms with Crippen LogP contribution in [0, 0.1) is 6.92 Å². The average Bonchev–Trinajstić information content (AvgIpc) is 3.11. The molecule has 0 bridgehead atoms. The number of carbonyl (C=O) groups excluding carboxylic acids is 1. The predicted molar refractivity (Wildman–Crippen MR) is 91.7 cm³/mol. The summed E-state index contributed by atoms with van der Waals surface area (Å²) in [5.74, 6) is 0.759.